The van der Waals surface area contributed by atoms with Crippen LogP contribution in [-0.4, -0.2) is 37.7 Å². The molecular weight excluding hydrogens is 390 g/mol. The smallest absolute Gasteiger partial charge is 0.322 e. The molecule has 6 heteroatoms. The number of ether oxygens (including phenoxy) is 2. The third-order valence-corrected chi connectivity index (χ3v) is 7.06. The first-order chi connectivity index (χ1) is 15.1. The summed E-state index contributed by atoms with van der Waals surface area (Å²) in [6.07, 6.45) is 4.61. The summed E-state index contributed by atoms with van der Waals surface area (Å²) < 4.78 is 11.8. The molecule has 0 bridgehead atoms. The van der Waals surface area contributed by atoms with Gasteiger partial charge in [-0.3, -0.25) is 0 Å². The van der Waals surface area contributed by atoms with E-state index in [0.717, 1.165) is 48.7 Å². The summed E-state index contributed by atoms with van der Waals surface area (Å²) in [6, 6.07) is 12.3. The van der Waals surface area contributed by atoms with E-state index >= 15 is 0 Å². The van der Waals surface area contributed by atoms with E-state index in [0.29, 0.717) is 13.2 Å². The molecule has 2 aliphatic heterocycles. The third kappa shape index (κ3) is 3.63. The maximum atomic E-state index is 13.4. The van der Waals surface area contributed by atoms with Crippen LogP contribution < -0.4 is 20.1 Å². The Balaban J connectivity index is 1.47. The monoisotopic (exact) mass is 421 g/mol. The van der Waals surface area contributed by atoms with Crippen molar-refractivity contribution in [2.24, 2.45) is 0 Å². The standard InChI is InChI=1S/C25H31N3O3/c1-17-20-13-22-23(31-11-10-30-22)14-21(20)25(8-3-4-9-25)16-28(17)24(29)27-19-7-5-6-18(12-19)15-26-2/h5-7,12-14,17,26H,3-4,8-11,15-16H2,1-2H3,(H,27,29). The Morgan fingerprint density at radius 1 is 1.13 bits per heavy atom. The average Bonchev–Trinajstić information content (AvgIpc) is 3.25. The number of carbonyl (C=O) groups is 1. The van der Waals surface area contributed by atoms with E-state index in [1.165, 1.54) is 24.0 Å². The van der Waals surface area contributed by atoms with Gasteiger partial charge in [-0.25, -0.2) is 4.79 Å². The lowest BCUT2D eigenvalue weighted by molar-refractivity contribution is 0.149. The van der Waals surface area contributed by atoms with E-state index in [2.05, 4.69) is 35.8 Å². The van der Waals surface area contributed by atoms with Gasteiger partial charge in [0.2, 0.25) is 0 Å². The first-order valence-electron chi connectivity index (χ1n) is 11.3. The highest BCUT2D eigenvalue weighted by atomic mass is 16.6. The Morgan fingerprint density at radius 3 is 2.61 bits per heavy atom. The minimum atomic E-state index is -0.0408. The molecule has 5 rings (SSSR count). The van der Waals surface area contributed by atoms with Crippen LogP contribution in [0.4, 0.5) is 10.5 Å². The molecule has 0 saturated heterocycles. The van der Waals surface area contributed by atoms with Crippen molar-refractivity contribution in [2.75, 3.05) is 32.1 Å². The molecule has 1 unspecified atom stereocenters. The lowest BCUT2D eigenvalue weighted by atomic mass is 9.71. The fourth-order valence-electron chi connectivity index (χ4n) is 5.51. The topological polar surface area (TPSA) is 62.8 Å². The second-order valence-corrected chi connectivity index (χ2v) is 9.04. The normalized spacial score (nSPS) is 21.1. The molecule has 2 aromatic rings. The maximum Gasteiger partial charge on any atom is 0.322 e. The minimum Gasteiger partial charge on any atom is -0.486 e. The van der Waals surface area contributed by atoms with Gasteiger partial charge >= 0.3 is 6.03 Å². The van der Waals surface area contributed by atoms with Gasteiger partial charge in [0, 0.05) is 24.2 Å². The number of hydrogen-bond donors (Lipinski definition) is 2. The molecule has 1 saturated carbocycles. The lowest BCUT2D eigenvalue weighted by Crippen LogP contribution is -2.50. The Bertz CT molecular complexity index is 984. The first kappa shape index (κ1) is 20.2. The summed E-state index contributed by atoms with van der Waals surface area (Å²) in [6.45, 7) is 4.79. The van der Waals surface area contributed by atoms with Crippen molar-refractivity contribution in [1.82, 2.24) is 10.2 Å². The quantitative estimate of drug-likeness (QED) is 0.760. The highest BCUT2D eigenvalue weighted by Gasteiger charge is 2.46. The molecular formula is C25H31N3O3. The Morgan fingerprint density at radius 2 is 1.87 bits per heavy atom. The fourth-order valence-corrected chi connectivity index (χ4v) is 5.51. The number of fused-ring (bicyclic) bond motifs is 3. The molecule has 2 amide bonds. The minimum absolute atomic E-state index is 0.00298. The Kier molecular flexibility index (Phi) is 5.26. The van der Waals surface area contributed by atoms with Crippen LogP contribution in [0.5, 0.6) is 11.5 Å². The van der Waals surface area contributed by atoms with Gasteiger partial charge in [-0.05, 0) is 67.8 Å². The third-order valence-electron chi connectivity index (χ3n) is 7.06. The van der Waals surface area contributed by atoms with Gasteiger partial charge in [0.1, 0.15) is 13.2 Å². The summed E-state index contributed by atoms with van der Waals surface area (Å²) in [5.74, 6) is 1.65. The number of anilines is 1. The Hall–Kier alpha value is -2.73. The number of carbonyl (C=O) groups excluding carboxylic acids is 1. The Labute approximate surface area is 183 Å². The van der Waals surface area contributed by atoms with E-state index in [1.807, 2.05) is 30.1 Å². The van der Waals surface area contributed by atoms with Crippen LogP contribution in [0.15, 0.2) is 36.4 Å². The highest BCUT2D eigenvalue weighted by molar-refractivity contribution is 5.90. The van der Waals surface area contributed by atoms with Crippen LogP contribution in [0.3, 0.4) is 0 Å². The van der Waals surface area contributed by atoms with Crippen LogP contribution in [0.1, 0.15) is 55.3 Å². The number of urea groups is 1. The van der Waals surface area contributed by atoms with Gasteiger partial charge in [-0.2, -0.15) is 0 Å². The molecule has 1 fully saturated rings. The predicted octanol–water partition coefficient (Wildman–Crippen LogP) is 4.60. The van der Waals surface area contributed by atoms with Crippen molar-refractivity contribution in [1.29, 1.82) is 0 Å². The average molecular weight is 422 g/mol. The van der Waals surface area contributed by atoms with Gasteiger partial charge in [0.25, 0.3) is 0 Å². The predicted molar refractivity (Wildman–Crippen MR) is 121 cm³/mol. The van der Waals surface area contributed by atoms with Crippen molar-refractivity contribution in [3.8, 4) is 11.5 Å². The van der Waals surface area contributed by atoms with Crippen LogP contribution in [0.25, 0.3) is 0 Å². The maximum absolute atomic E-state index is 13.4. The van der Waals surface area contributed by atoms with E-state index in [4.69, 9.17) is 9.47 Å². The first-order valence-corrected chi connectivity index (χ1v) is 11.3. The number of amides is 2. The van der Waals surface area contributed by atoms with E-state index in [1.54, 1.807) is 0 Å². The second kappa shape index (κ2) is 8.08. The zero-order chi connectivity index (χ0) is 21.4. The zero-order valence-corrected chi connectivity index (χ0v) is 18.4. The number of benzene rings is 2. The number of nitrogens with one attached hydrogen (secondary N) is 2. The van der Waals surface area contributed by atoms with Crippen LogP contribution in [0, 0.1) is 0 Å². The summed E-state index contributed by atoms with van der Waals surface area (Å²) in [4.78, 5) is 15.4. The van der Waals surface area contributed by atoms with Crippen molar-refractivity contribution >= 4 is 11.7 Å². The van der Waals surface area contributed by atoms with Crippen molar-refractivity contribution < 1.29 is 14.3 Å². The van der Waals surface area contributed by atoms with Gasteiger partial charge in [0.05, 0.1) is 6.04 Å². The molecule has 31 heavy (non-hydrogen) atoms. The molecule has 3 aliphatic rings. The van der Waals surface area contributed by atoms with Gasteiger partial charge in [-0.15, -0.1) is 0 Å². The molecule has 0 radical (unpaired) electrons. The van der Waals surface area contributed by atoms with Gasteiger partial charge < -0.3 is 25.0 Å². The largest absolute Gasteiger partial charge is 0.486 e. The number of nitrogens with zero attached hydrogens (tertiary/aromatic N) is 1. The van der Waals surface area contributed by atoms with Crippen molar-refractivity contribution in [3.63, 3.8) is 0 Å². The van der Waals surface area contributed by atoms with Crippen LogP contribution >= 0.6 is 0 Å². The number of hydrogen-bond acceptors (Lipinski definition) is 4. The molecule has 6 nitrogen and oxygen atoms in total. The summed E-state index contributed by atoms with van der Waals surface area (Å²) in [7, 11) is 1.92. The second-order valence-electron chi connectivity index (χ2n) is 9.04. The zero-order valence-electron chi connectivity index (χ0n) is 18.4. The molecule has 1 aliphatic carbocycles. The molecule has 1 spiro atoms. The molecule has 2 N–H and O–H groups in total. The number of rotatable bonds is 3. The summed E-state index contributed by atoms with van der Waals surface area (Å²) >= 11 is 0. The molecule has 2 aromatic carbocycles. The van der Waals surface area contributed by atoms with Crippen LogP contribution in [-0.2, 0) is 12.0 Å². The lowest BCUT2D eigenvalue weighted by Gasteiger charge is -2.46. The summed E-state index contributed by atoms with van der Waals surface area (Å²) in [5.41, 5.74) is 4.52. The van der Waals surface area contributed by atoms with Gasteiger partial charge in [-0.1, -0.05) is 25.0 Å². The van der Waals surface area contributed by atoms with Gasteiger partial charge in [0.15, 0.2) is 11.5 Å². The molecule has 1 atom stereocenters. The SMILES string of the molecule is CNCc1cccc(NC(=O)N2CC3(CCCC3)c3cc4c(cc3C2C)OCCO4)c1. The van der Waals surface area contributed by atoms with E-state index in [9.17, 15) is 4.79 Å². The van der Waals surface area contributed by atoms with Crippen molar-refractivity contribution in [3.05, 3.63) is 53.1 Å². The molecule has 0 aromatic heterocycles. The van der Waals surface area contributed by atoms with Crippen molar-refractivity contribution in [2.45, 2.75) is 50.6 Å². The van der Waals surface area contributed by atoms with E-state index < -0.39 is 0 Å². The molecule has 2 heterocycles. The fraction of sp³-hybridized carbons (Fsp3) is 0.480. The summed E-state index contributed by atoms with van der Waals surface area (Å²) in [5, 5.41) is 6.30. The van der Waals surface area contributed by atoms with E-state index in [-0.39, 0.29) is 17.5 Å². The molecule has 164 valence electrons. The highest BCUT2D eigenvalue weighted by Crippen LogP contribution is 2.52. The van der Waals surface area contributed by atoms with Crippen LogP contribution in [0.2, 0.25) is 0 Å².